The van der Waals surface area contributed by atoms with Crippen LogP contribution in [0, 0.1) is 47.1 Å². The molecule has 0 radical (unpaired) electrons. The highest BCUT2D eigenvalue weighted by Crippen LogP contribution is 2.59. The molecule has 1 aromatic rings. The number of ether oxygens (including phenoxy) is 1. The van der Waals surface area contributed by atoms with Crippen molar-refractivity contribution in [3.05, 3.63) is 58.6 Å². The summed E-state index contributed by atoms with van der Waals surface area (Å²) in [5.74, 6) is -7.84. The highest BCUT2D eigenvalue weighted by molar-refractivity contribution is 5.78. The van der Waals surface area contributed by atoms with E-state index in [4.69, 9.17) is 11.3 Å². The molecule has 23 heavy (non-hydrogen) atoms. The van der Waals surface area contributed by atoms with Gasteiger partial charge in [0.1, 0.15) is 6.61 Å². The number of carbonyl (C=O) groups is 1. The second-order valence-electron chi connectivity index (χ2n) is 5.85. The maximum absolute atomic E-state index is 13.5. The van der Waals surface area contributed by atoms with Gasteiger partial charge in [-0.3, -0.25) is 4.79 Å². The van der Waals surface area contributed by atoms with E-state index < -0.39 is 52.7 Å². The van der Waals surface area contributed by atoms with Crippen LogP contribution in [0.15, 0.2) is 18.3 Å². The van der Waals surface area contributed by atoms with Gasteiger partial charge in [-0.25, -0.2) is 22.4 Å². The summed E-state index contributed by atoms with van der Waals surface area (Å²) in [5, 5.41) is 0. The molecule has 1 aromatic carbocycles. The molecule has 0 amide bonds. The molecule has 1 fully saturated rings. The van der Waals surface area contributed by atoms with Crippen LogP contribution in [0.4, 0.5) is 17.6 Å². The Morgan fingerprint density at radius 3 is 2.39 bits per heavy atom. The largest absolute Gasteiger partial charge is 0.460 e. The van der Waals surface area contributed by atoms with E-state index in [1.807, 2.05) is 0 Å². The summed E-state index contributed by atoms with van der Waals surface area (Å²) < 4.78 is 57.9. The molecular weight excluding hydrogens is 314 g/mol. The van der Waals surface area contributed by atoms with Crippen molar-refractivity contribution in [2.75, 3.05) is 0 Å². The molecule has 0 N–H and O–H groups in total. The van der Waals surface area contributed by atoms with Crippen LogP contribution in [-0.4, -0.2) is 5.97 Å². The van der Waals surface area contributed by atoms with Crippen molar-refractivity contribution in [1.29, 1.82) is 0 Å². The van der Waals surface area contributed by atoms with Crippen LogP contribution < -0.4 is 0 Å². The van der Waals surface area contributed by atoms with Crippen LogP contribution in [0.3, 0.4) is 0 Å². The molecule has 1 aliphatic rings. The van der Waals surface area contributed by atoms with Crippen LogP contribution in [0.25, 0.3) is 4.85 Å². The van der Waals surface area contributed by atoms with Crippen LogP contribution in [0.1, 0.15) is 19.4 Å². The van der Waals surface area contributed by atoms with Gasteiger partial charge in [0, 0.05) is 6.07 Å². The molecule has 0 heterocycles. The van der Waals surface area contributed by atoms with Gasteiger partial charge in [-0.15, -0.1) is 0 Å². The predicted octanol–water partition coefficient (Wildman–Crippen LogP) is 3.99. The molecule has 7 heteroatoms. The lowest BCUT2D eigenvalue weighted by Gasteiger charge is -2.09. The zero-order chi connectivity index (χ0) is 17.4. The SMILES string of the molecule is [C-]#[N+]/C=C\C1C(C(=O)OCc2c(F)c(F)cc(F)c2F)C1(C)C. The van der Waals surface area contributed by atoms with Gasteiger partial charge in [-0.2, -0.15) is 0 Å². The molecule has 2 unspecified atom stereocenters. The lowest BCUT2D eigenvalue weighted by Crippen LogP contribution is -2.13. The second kappa shape index (κ2) is 6.03. The van der Waals surface area contributed by atoms with E-state index in [2.05, 4.69) is 4.85 Å². The van der Waals surface area contributed by atoms with Crippen LogP contribution in [0.2, 0.25) is 0 Å². The predicted molar refractivity (Wildman–Crippen MR) is 72.6 cm³/mol. The smallest absolute Gasteiger partial charge is 0.310 e. The molecule has 0 saturated heterocycles. The Morgan fingerprint density at radius 2 is 1.87 bits per heavy atom. The summed E-state index contributed by atoms with van der Waals surface area (Å²) in [5.41, 5.74) is -1.43. The summed E-state index contributed by atoms with van der Waals surface area (Å²) in [6, 6.07) is 0.0885. The molecule has 0 aromatic heterocycles. The number of halogens is 4. The first-order valence-corrected chi connectivity index (χ1v) is 6.73. The topological polar surface area (TPSA) is 30.7 Å². The van der Waals surface area contributed by atoms with E-state index in [9.17, 15) is 22.4 Å². The minimum Gasteiger partial charge on any atom is -0.460 e. The molecule has 1 aliphatic carbocycles. The summed E-state index contributed by atoms with van der Waals surface area (Å²) in [7, 11) is 0. The van der Waals surface area contributed by atoms with Crippen molar-refractivity contribution in [3.8, 4) is 0 Å². The van der Waals surface area contributed by atoms with Crippen molar-refractivity contribution in [2.45, 2.75) is 20.5 Å². The molecule has 0 aliphatic heterocycles. The normalized spacial score (nSPS) is 22.0. The number of carbonyl (C=O) groups excluding carboxylic acids is 1. The van der Waals surface area contributed by atoms with Crippen molar-refractivity contribution in [2.24, 2.45) is 17.3 Å². The maximum Gasteiger partial charge on any atom is 0.310 e. The molecule has 1 saturated carbocycles. The second-order valence-corrected chi connectivity index (χ2v) is 5.85. The van der Waals surface area contributed by atoms with Gasteiger partial charge in [-0.05, 0) is 11.3 Å². The third-order valence-electron chi connectivity index (χ3n) is 4.09. The molecule has 0 spiro atoms. The first kappa shape index (κ1) is 17.0. The minimum absolute atomic E-state index is 0.0885. The standard InChI is InChI=1S/C16H13F4NO2/c1-16(2)9(4-5-21-3)12(16)15(22)23-7-8-13(19)10(17)6-11(18)14(8)20/h4-6,9,12H,7H2,1-2H3/b5-4-. The van der Waals surface area contributed by atoms with Gasteiger partial charge in [0.05, 0.1) is 18.1 Å². The highest BCUT2D eigenvalue weighted by Gasteiger charge is 2.61. The molecule has 122 valence electrons. The summed E-state index contributed by atoms with van der Waals surface area (Å²) in [6.07, 6.45) is 2.78. The molecule has 2 rings (SSSR count). The quantitative estimate of drug-likeness (QED) is 0.362. The van der Waals surface area contributed by atoms with E-state index >= 15 is 0 Å². The van der Waals surface area contributed by atoms with E-state index in [1.165, 1.54) is 6.20 Å². The number of hydrogen-bond acceptors (Lipinski definition) is 2. The van der Waals surface area contributed by atoms with Crippen molar-refractivity contribution in [1.82, 2.24) is 0 Å². The first-order chi connectivity index (χ1) is 10.7. The maximum atomic E-state index is 13.5. The number of esters is 1. The van der Waals surface area contributed by atoms with Gasteiger partial charge in [0.2, 0.25) is 0 Å². The van der Waals surface area contributed by atoms with Crippen molar-refractivity contribution >= 4 is 5.97 Å². The fraction of sp³-hybridized carbons (Fsp3) is 0.375. The average molecular weight is 327 g/mol. The molecular formula is C16H13F4NO2. The Morgan fingerprint density at radius 1 is 1.30 bits per heavy atom. The van der Waals surface area contributed by atoms with Crippen molar-refractivity contribution < 1.29 is 27.1 Å². The van der Waals surface area contributed by atoms with Gasteiger partial charge in [0.15, 0.2) is 29.5 Å². The fourth-order valence-electron chi connectivity index (χ4n) is 2.61. The Kier molecular flexibility index (Phi) is 4.46. The van der Waals surface area contributed by atoms with Crippen molar-refractivity contribution in [3.63, 3.8) is 0 Å². The van der Waals surface area contributed by atoms with E-state index in [0.29, 0.717) is 0 Å². The van der Waals surface area contributed by atoms with Gasteiger partial charge < -0.3 is 4.74 Å². The number of rotatable bonds is 4. The van der Waals surface area contributed by atoms with Crippen LogP contribution >= 0.6 is 0 Å². The van der Waals surface area contributed by atoms with Crippen LogP contribution in [-0.2, 0) is 16.1 Å². The zero-order valence-corrected chi connectivity index (χ0v) is 12.4. The first-order valence-electron chi connectivity index (χ1n) is 6.73. The summed E-state index contributed by atoms with van der Waals surface area (Å²) >= 11 is 0. The third-order valence-corrected chi connectivity index (χ3v) is 4.09. The zero-order valence-electron chi connectivity index (χ0n) is 12.4. The van der Waals surface area contributed by atoms with E-state index in [-0.39, 0.29) is 12.0 Å². The Bertz CT molecular complexity index is 696. The van der Waals surface area contributed by atoms with Gasteiger partial charge in [0.25, 0.3) is 0 Å². The highest BCUT2D eigenvalue weighted by atomic mass is 19.2. The van der Waals surface area contributed by atoms with E-state index in [0.717, 1.165) is 0 Å². The number of allylic oxidation sites excluding steroid dienone is 1. The molecule has 3 nitrogen and oxygen atoms in total. The summed E-state index contributed by atoms with van der Waals surface area (Å²) in [6.45, 7) is 9.33. The fourth-order valence-corrected chi connectivity index (χ4v) is 2.61. The summed E-state index contributed by atoms with van der Waals surface area (Å²) in [4.78, 5) is 15.0. The lowest BCUT2D eigenvalue weighted by molar-refractivity contribution is -0.147. The third kappa shape index (κ3) is 3.07. The van der Waals surface area contributed by atoms with E-state index in [1.54, 1.807) is 19.9 Å². The lowest BCUT2D eigenvalue weighted by atomic mass is 10.1. The number of benzene rings is 1. The molecule has 2 atom stereocenters. The number of hydrogen-bond donors (Lipinski definition) is 0. The molecule has 0 bridgehead atoms. The van der Waals surface area contributed by atoms with Gasteiger partial charge >= 0.3 is 5.97 Å². The van der Waals surface area contributed by atoms with Gasteiger partial charge in [-0.1, -0.05) is 19.9 Å². The monoisotopic (exact) mass is 327 g/mol. The number of nitrogens with zero attached hydrogens (tertiary/aromatic N) is 1. The Labute approximate surface area is 130 Å². The Hall–Kier alpha value is -2.36. The minimum atomic E-state index is -1.59. The van der Waals surface area contributed by atoms with Crippen LogP contribution in [0.5, 0.6) is 0 Å². The Balaban J connectivity index is 2.10. The average Bonchev–Trinajstić information content (AvgIpc) is 3.04.